The van der Waals surface area contributed by atoms with Gasteiger partial charge in [-0.2, -0.15) is 4.37 Å². The lowest BCUT2D eigenvalue weighted by Crippen LogP contribution is -2.34. The number of nitrogen functional groups attached to an aromatic ring is 1. The normalized spacial score (nSPS) is 23.1. The highest BCUT2D eigenvalue weighted by molar-refractivity contribution is 7.11. The Balaban J connectivity index is 2.27. The molecule has 0 bridgehead atoms. The van der Waals surface area contributed by atoms with E-state index in [-0.39, 0.29) is 5.91 Å². The van der Waals surface area contributed by atoms with Gasteiger partial charge < -0.3 is 20.9 Å². The number of rotatable bonds is 3. The molecule has 2 unspecified atom stereocenters. The Bertz CT molecular complexity index is 473. The van der Waals surface area contributed by atoms with E-state index in [2.05, 4.69) is 40.5 Å². The molecule has 0 radical (unpaired) electrons. The molecule has 19 heavy (non-hydrogen) atoms. The molecule has 2 heterocycles. The minimum Gasteiger partial charge on any atom is -0.382 e. The van der Waals surface area contributed by atoms with E-state index in [0.717, 1.165) is 18.1 Å². The lowest BCUT2D eigenvalue weighted by Gasteiger charge is -2.22. The summed E-state index contributed by atoms with van der Waals surface area (Å²) < 4.78 is 4.13. The average Bonchev–Trinajstić information content (AvgIpc) is 2.91. The van der Waals surface area contributed by atoms with E-state index >= 15 is 0 Å². The van der Waals surface area contributed by atoms with Crippen molar-refractivity contribution in [1.29, 1.82) is 0 Å². The number of amides is 1. The maximum absolute atomic E-state index is 11.9. The molecule has 1 aliphatic heterocycles. The first kappa shape index (κ1) is 14.1. The van der Waals surface area contributed by atoms with E-state index in [1.165, 1.54) is 11.5 Å². The van der Waals surface area contributed by atoms with E-state index in [4.69, 9.17) is 5.73 Å². The van der Waals surface area contributed by atoms with Crippen molar-refractivity contribution in [2.24, 2.45) is 5.92 Å². The first-order valence-corrected chi connectivity index (χ1v) is 7.11. The van der Waals surface area contributed by atoms with Gasteiger partial charge in [0.1, 0.15) is 10.6 Å². The number of nitrogens with two attached hydrogens (primary N) is 1. The van der Waals surface area contributed by atoms with Crippen LogP contribution >= 0.6 is 11.5 Å². The number of likely N-dealkylation sites (N-methyl/N-ethyl adjacent to an activating group) is 1. The quantitative estimate of drug-likeness (QED) is 0.843. The second-order valence-corrected chi connectivity index (χ2v) is 5.99. The molecule has 1 aliphatic rings. The number of aromatic nitrogens is 1. The number of anilines is 2. The van der Waals surface area contributed by atoms with Crippen molar-refractivity contribution in [3.05, 3.63) is 5.56 Å². The second kappa shape index (κ2) is 5.34. The van der Waals surface area contributed by atoms with Gasteiger partial charge in [-0.15, -0.1) is 0 Å². The van der Waals surface area contributed by atoms with Gasteiger partial charge in [0.05, 0.1) is 0 Å². The maximum Gasteiger partial charge on any atom is 0.257 e. The van der Waals surface area contributed by atoms with Gasteiger partial charge in [-0.25, -0.2) is 0 Å². The van der Waals surface area contributed by atoms with Gasteiger partial charge in [-0.1, -0.05) is 6.92 Å². The Labute approximate surface area is 117 Å². The minimum atomic E-state index is -0.165. The highest BCUT2D eigenvalue weighted by Crippen LogP contribution is 2.34. The van der Waals surface area contributed by atoms with Gasteiger partial charge in [0.2, 0.25) is 0 Å². The summed E-state index contributed by atoms with van der Waals surface area (Å²) in [5, 5.41) is 3.51. The van der Waals surface area contributed by atoms with Crippen molar-refractivity contribution in [3.8, 4) is 0 Å². The molecular formula is C12H21N5OS. The van der Waals surface area contributed by atoms with Crippen LogP contribution in [0.2, 0.25) is 0 Å². The molecule has 0 spiro atoms. The van der Waals surface area contributed by atoms with E-state index in [0.29, 0.717) is 23.3 Å². The predicted octanol–water partition coefficient (Wildman–Crippen LogP) is 0.471. The molecule has 0 aliphatic carbocycles. The van der Waals surface area contributed by atoms with Crippen molar-refractivity contribution >= 4 is 28.3 Å². The van der Waals surface area contributed by atoms with Gasteiger partial charge in [-0.3, -0.25) is 4.79 Å². The van der Waals surface area contributed by atoms with Crippen molar-refractivity contribution in [3.63, 3.8) is 0 Å². The number of nitrogens with one attached hydrogen (secondary N) is 1. The Morgan fingerprint density at radius 2 is 2.21 bits per heavy atom. The van der Waals surface area contributed by atoms with Crippen LogP contribution in [0.3, 0.4) is 0 Å². The van der Waals surface area contributed by atoms with Crippen molar-refractivity contribution in [2.75, 3.05) is 44.9 Å². The summed E-state index contributed by atoms with van der Waals surface area (Å²) in [6.07, 6.45) is 0. The summed E-state index contributed by atoms with van der Waals surface area (Å²) in [5.74, 6) is 0.707. The molecule has 0 saturated carbocycles. The Morgan fingerprint density at radius 1 is 1.53 bits per heavy atom. The van der Waals surface area contributed by atoms with Crippen LogP contribution in [0.15, 0.2) is 0 Å². The highest BCUT2D eigenvalue weighted by atomic mass is 32.1. The van der Waals surface area contributed by atoms with Crippen LogP contribution in [-0.4, -0.2) is 55.5 Å². The first-order chi connectivity index (χ1) is 8.95. The van der Waals surface area contributed by atoms with Crippen LogP contribution in [0.1, 0.15) is 17.3 Å². The topological polar surface area (TPSA) is 74.5 Å². The number of carbonyl (C=O) groups excluding carboxylic acids is 1. The molecule has 1 amide bonds. The average molecular weight is 283 g/mol. The second-order valence-electron chi connectivity index (χ2n) is 5.24. The molecule has 1 aromatic heterocycles. The monoisotopic (exact) mass is 283 g/mol. The predicted molar refractivity (Wildman–Crippen MR) is 78.8 cm³/mol. The molecule has 2 rings (SSSR count). The summed E-state index contributed by atoms with van der Waals surface area (Å²) in [6.45, 7) is 4.06. The zero-order valence-electron chi connectivity index (χ0n) is 11.8. The van der Waals surface area contributed by atoms with Crippen LogP contribution in [0.25, 0.3) is 0 Å². The molecule has 0 aromatic carbocycles. The molecule has 106 valence electrons. The van der Waals surface area contributed by atoms with E-state index in [1.54, 1.807) is 7.05 Å². The summed E-state index contributed by atoms with van der Waals surface area (Å²) in [4.78, 5) is 16.4. The van der Waals surface area contributed by atoms with Gasteiger partial charge in [0.15, 0.2) is 5.82 Å². The summed E-state index contributed by atoms with van der Waals surface area (Å²) in [5.41, 5.74) is 6.33. The molecule has 1 saturated heterocycles. The van der Waals surface area contributed by atoms with Crippen LogP contribution in [0, 0.1) is 5.92 Å². The first-order valence-electron chi connectivity index (χ1n) is 6.34. The van der Waals surface area contributed by atoms with Crippen LogP contribution in [0.4, 0.5) is 10.8 Å². The number of hydrogen-bond acceptors (Lipinski definition) is 6. The van der Waals surface area contributed by atoms with Gasteiger partial charge in [0, 0.05) is 26.2 Å². The Hall–Kier alpha value is -1.34. The van der Waals surface area contributed by atoms with Crippen LogP contribution < -0.4 is 16.0 Å². The Kier molecular flexibility index (Phi) is 3.96. The number of hydrogen-bond donors (Lipinski definition) is 2. The van der Waals surface area contributed by atoms with E-state index in [1.807, 2.05) is 0 Å². The zero-order valence-corrected chi connectivity index (χ0v) is 12.6. The lowest BCUT2D eigenvalue weighted by atomic mass is 10.1. The van der Waals surface area contributed by atoms with Crippen LogP contribution in [0.5, 0.6) is 0 Å². The summed E-state index contributed by atoms with van der Waals surface area (Å²) in [7, 11) is 5.79. The van der Waals surface area contributed by atoms with Crippen molar-refractivity contribution in [2.45, 2.75) is 13.0 Å². The number of nitrogens with zero attached hydrogens (tertiary/aromatic N) is 3. The van der Waals surface area contributed by atoms with E-state index in [9.17, 15) is 4.79 Å². The Morgan fingerprint density at radius 3 is 2.74 bits per heavy atom. The fourth-order valence-electron chi connectivity index (χ4n) is 2.64. The van der Waals surface area contributed by atoms with Crippen LogP contribution in [-0.2, 0) is 0 Å². The van der Waals surface area contributed by atoms with Crippen molar-refractivity contribution < 1.29 is 4.79 Å². The molecule has 3 N–H and O–H groups in total. The maximum atomic E-state index is 11.9. The molecule has 1 fully saturated rings. The summed E-state index contributed by atoms with van der Waals surface area (Å²) in [6, 6.07) is 0.487. The largest absolute Gasteiger partial charge is 0.382 e. The molecular weight excluding hydrogens is 262 g/mol. The molecule has 1 aromatic rings. The zero-order chi connectivity index (χ0) is 14.2. The smallest absolute Gasteiger partial charge is 0.257 e. The third kappa shape index (κ3) is 2.52. The fourth-order valence-corrected chi connectivity index (χ4v) is 3.46. The fraction of sp³-hybridized carbons (Fsp3) is 0.667. The third-order valence-corrected chi connectivity index (χ3v) is 4.60. The standard InChI is InChI=1S/C12H21N5OS/c1-7-5-17(6-8(7)16(3)4)12-9(11(18)14-2)10(13)15-19-12/h7-8H,5-6H2,1-4H3,(H2,13,15)(H,14,18). The molecule has 2 atom stereocenters. The highest BCUT2D eigenvalue weighted by Gasteiger charge is 2.34. The molecule has 7 heteroatoms. The van der Waals surface area contributed by atoms with Gasteiger partial charge in [0.25, 0.3) is 5.91 Å². The molecule has 6 nitrogen and oxygen atoms in total. The lowest BCUT2D eigenvalue weighted by molar-refractivity contribution is 0.0964. The van der Waals surface area contributed by atoms with Crippen molar-refractivity contribution in [1.82, 2.24) is 14.6 Å². The van der Waals surface area contributed by atoms with E-state index < -0.39 is 0 Å². The number of carbonyl (C=O) groups is 1. The minimum absolute atomic E-state index is 0.165. The third-order valence-electron chi connectivity index (χ3n) is 3.68. The van der Waals surface area contributed by atoms with Gasteiger partial charge in [-0.05, 0) is 31.5 Å². The summed E-state index contributed by atoms with van der Waals surface area (Å²) >= 11 is 1.30. The SMILES string of the molecule is CNC(=O)c1c(N)nsc1N1CC(C)C(N(C)C)C1. The van der Waals surface area contributed by atoms with Gasteiger partial charge >= 0.3 is 0 Å².